The number of hydrogen-bond donors (Lipinski definition) is 1. The minimum Gasteiger partial charge on any atom is -0.315 e. The fraction of sp³-hybridized carbons (Fsp3) is 0.467. The van der Waals surface area contributed by atoms with Crippen LogP contribution in [0.5, 0.6) is 0 Å². The molecule has 1 aromatic carbocycles. The first-order chi connectivity index (χ1) is 8.33. The van der Waals surface area contributed by atoms with Crippen LogP contribution in [0.3, 0.4) is 0 Å². The van der Waals surface area contributed by atoms with E-state index in [1.54, 1.807) is 0 Å². The van der Waals surface area contributed by atoms with E-state index in [4.69, 9.17) is 6.42 Å². The maximum absolute atomic E-state index is 5.44. The molecule has 1 unspecified atom stereocenters. The zero-order valence-electron chi connectivity index (χ0n) is 10.8. The molecule has 0 heterocycles. The molecular weight excluding hydrogens is 208 g/mol. The zero-order valence-corrected chi connectivity index (χ0v) is 10.8. The summed E-state index contributed by atoms with van der Waals surface area (Å²) in [7, 11) is 0. The minimum absolute atomic E-state index is 0.359. The lowest BCUT2D eigenvalue weighted by atomic mass is 10.1. The van der Waals surface area contributed by atoms with E-state index in [0.717, 1.165) is 19.6 Å². The second-order valence-corrected chi connectivity index (χ2v) is 4.00. The summed E-state index contributed by atoms with van der Waals surface area (Å²) in [5.41, 5.74) is 1.32. The molecule has 0 aliphatic carbocycles. The standard InChI is InChI=1S/C15H22N2/c1-4-12-17(6-3)15(13-16-5-2)14-10-8-7-9-11-14/h1,7-11,15-16H,5-6,12-13H2,2-3H3. The quantitative estimate of drug-likeness (QED) is 0.723. The second-order valence-electron chi connectivity index (χ2n) is 4.00. The average molecular weight is 230 g/mol. The monoisotopic (exact) mass is 230 g/mol. The summed E-state index contributed by atoms with van der Waals surface area (Å²) >= 11 is 0. The summed E-state index contributed by atoms with van der Waals surface area (Å²) in [5.74, 6) is 2.74. The molecule has 0 aliphatic rings. The Morgan fingerprint density at radius 3 is 2.53 bits per heavy atom. The predicted molar refractivity (Wildman–Crippen MR) is 73.8 cm³/mol. The molecule has 0 saturated heterocycles. The van der Waals surface area contributed by atoms with Gasteiger partial charge in [0.15, 0.2) is 0 Å². The molecule has 0 bridgehead atoms. The number of nitrogens with zero attached hydrogens (tertiary/aromatic N) is 1. The van der Waals surface area contributed by atoms with Crippen molar-refractivity contribution in [3.05, 3.63) is 35.9 Å². The van der Waals surface area contributed by atoms with Gasteiger partial charge < -0.3 is 5.32 Å². The van der Waals surface area contributed by atoms with Gasteiger partial charge in [-0.25, -0.2) is 0 Å². The smallest absolute Gasteiger partial charge is 0.0604 e. The van der Waals surface area contributed by atoms with Gasteiger partial charge in [0.2, 0.25) is 0 Å². The lowest BCUT2D eigenvalue weighted by Crippen LogP contribution is -2.36. The normalized spacial score (nSPS) is 12.4. The van der Waals surface area contributed by atoms with Gasteiger partial charge >= 0.3 is 0 Å². The fourth-order valence-electron chi connectivity index (χ4n) is 1.97. The maximum Gasteiger partial charge on any atom is 0.0604 e. The molecule has 1 aromatic rings. The molecule has 0 aromatic heterocycles. The summed E-state index contributed by atoms with van der Waals surface area (Å²) in [4.78, 5) is 2.32. The molecule has 17 heavy (non-hydrogen) atoms. The molecule has 0 fully saturated rings. The third-order valence-corrected chi connectivity index (χ3v) is 2.91. The van der Waals surface area contributed by atoms with Crippen molar-refractivity contribution in [1.82, 2.24) is 10.2 Å². The fourth-order valence-corrected chi connectivity index (χ4v) is 1.97. The van der Waals surface area contributed by atoms with Crippen molar-refractivity contribution in [2.24, 2.45) is 0 Å². The van der Waals surface area contributed by atoms with Crippen LogP contribution in [0.1, 0.15) is 25.5 Å². The average Bonchev–Trinajstić information content (AvgIpc) is 2.39. The Balaban J connectivity index is 2.82. The van der Waals surface area contributed by atoms with E-state index in [-0.39, 0.29) is 0 Å². The van der Waals surface area contributed by atoms with Gasteiger partial charge in [-0.2, -0.15) is 0 Å². The Morgan fingerprint density at radius 2 is 2.00 bits per heavy atom. The molecule has 0 spiro atoms. The van der Waals surface area contributed by atoms with Crippen LogP contribution in [0.2, 0.25) is 0 Å². The van der Waals surface area contributed by atoms with E-state index in [9.17, 15) is 0 Å². The highest BCUT2D eigenvalue weighted by Crippen LogP contribution is 2.19. The minimum atomic E-state index is 0.359. The van der Waals surface area contributed by atoms with E-state index in [0.29, 0.717) is 12.6 Å². The predicted octanol–water partition coefficient (Wildman–Crippen LogP) is 2.29. The van der Waals surface area contributed by atoms with Gasteiger partial charge in [-0.3, -0.25) is 4.90 Å². The van der Waals surface area contributed by atoms with Crippen LogP contribution < -0.4 is 5.32 Å². The van der Waals surface area contributed by atoms with Crippen LogP contribution in [0.15, 0.2) is 30.3 Å². The zero-order chi connectivity index (χ0) is 12.5. The molecule has 1 atom stereocenters. The van der Waals surface area contributed by atoms with Crippen molar-refractivity contribution in [2.45, 2.75) is 19.9 Å². The van der Waals surface area contributed by atoms with Crippen molar-refractivity contribution < 1.29 is 0 Å². The van der Waals surface area contributed by atoms with Gasteiger partial charge in [0.05, 0.1) is 6.54 Å². The summed E-state index contributed by atoms with van der Waals surface area (Å²) in [5, 5.41) is 3.41. The number of likely N-dealkylation sites (N-methyl/N-ethyl adjacent to an activating group) is 2. The van der Waals surface area contributed by atoms with Crippen molar-refractivity contribution >= 4 is 0 Å². The van der Waals surface area contributed by atoms with E-state index in [1.807, 2.05) is 6.07 Å². The first-order valence-corrected chi connectivity index (χ1v) is 6.26. The van der Waals surface area contributed by atoms with Crippen LogP contribution >= 0.6 is 0 Å². The highest BCUT2D eigenvalue weighted by Gasteiger charge is 2.17. The molecule has 0 amide bonds. The van der Waals surface area contributed by atoms with E-state index in [1.165, 1.54) is 5.56 Å². The van der Waals surface area contributed by atoms with Crippen LogP contribution in [0, 0.1) is 12.3 Å². The van der Waals surface area contributed by atoms with E-state index in [2.05, 4.69) is 54.3 Å². The van der Waals surface area contributed by atoms with Gasteiger partial charge in [-0.1, -0.05) is 50.1 Å². The largest absolute Gasteiger partial charge is 0.315 e. The first-order valence-electron chi connectivity index (χ1n) is 6.26. The third-order valence-electron chi connectivity index (χ3n) is 2.91. The van der Waals surface area contributed by atoms with Crippen LogP contribution in [0.25, 0.3) is 0 Å². The van der Waals surface area contributed by atoms with Gasteiger partial charge in [0, 0.05) is 12.6 Å². The lowest BCUT2D eigenvalue weighted by molar-refractivity contribution is 0.229. The van der Waals surface area contributed by atoms with Crippen LogP contribution in [-0.4, -0.2) is 31.1 Å². The Hall–Kier alpha value is -1.30. The number of hydrogen-bond acceptors (Lipinski definition) is 2. The number of terminal acetylenes is 1. The van der Waals surface area contributed by atoms with Gasteiger partial charge in [-0.15, -0.1) is 6.42 Å². The molecule has 0 aliphatic heterocycles. The summed E-state index contributed by atoms with van der Waals surface area (Å²) < 4.78 is 0. The van der Waals surface area contributed by atoms with E-state index >= 15 is 0 Å². The summed E-state index contributed by atoms with van der Waals surface area (Å²) in [6.45, 7) is 7.86. The molecule has 2 heteroatoms. The molecule has 0 radical (unpaired) electrons. The molecule has 1 rings (SSSR count). The number of rotatable bonds is 7. The Kier molecular flexibility index (Phi) is 6.39. The van der Waals surface area contributed by atoms with Crippen molar-refractivity contribution in [2.75, 3.05) is 26.2 Å². The summed E-state index contributed by atoms with van der Waals surface area (Å²) in [6.07, 6.45) is 5.44. The number of benzene rings is 1. The highest BCUT2D eigenvalue weighted by atomic mass is 15.2. The lowest BCUT2D eigenvalue weighted by Gasteiger charge is -2.29. The van der Waals surface area contributed by atoms with E-state index < -0.39 is 0 Å². The van der Waals surface area contributed by atoms with Crippen molar-refractivity contribution in [3.8, 4) is 12.3 Å². The highest BCUT2D eigenvalue weighted by molar-refractivity contribution is 5.20. The van der Waals surface area contributed by atoms with Gasteiger partial charge in [0.25, 0.3) is 0 Å². The van der Waals surface area contributed by atoms with Crippen molar-refractivity contribution in [1.29, 1.82) is 0 Å². The molecule has 0 saturated carbocycles. The number of nitrogens with one attached hydrogen (secondary N) is 1. The van der Waals surface area contributed by atoms with Gasteiger partial charge in [0.1, 0.15) is 0 Å². The van der Waals surface area contributed by atoms with Crippen LogP contribution in [-0.2, 0) is 0 Å². The van der Waals surface area contributed by atoms with Crippen molar-refractivity contribution in [3.63, 3.8) is 0 Å². The Labute approximate surface area is 105 Å². The molecule has 2 nitrogen and oxygen atoms in total. The van der Waals surface area contributed by atoms with Crippen LogP contribution in [0.4, 0.5) is 0 Å². The molecule has 92 valence electrons. The maximum atomic E-state index is 5.44. The Morgan fingerprint density at radius 1 is 1.29 bits per heavy atom. The first kappa shape index (κ1) is 13.8. The Bertz CT molecular complexity index is 340. The molecule has 1 N–H and O–H groups in total. The second kappa shape index (κ2) is 7.89. The molecular formula is C15H22N2. The van der Waals surface area contributed by atoms with Gasteiger partial charge in [-0.05, 0) is 18.7 Å². The third kappa shape index (κ3) is 4.22. The topological polar surface area (TPSA) is 15.3 Å². The SMILES string of the molecule is C#CCN(CC)C(CNCC)c1ccccc1. The summed E-state index contributed by atoms with van der Waals surface area (Å²) in [6, 6.07) is 10.9.